The van der Waals surface area contributed by atoms with Gasteiger partial charge in [-0.3, -0.25) is 20.4 Å². The van der Waals surface area contributed by atoms with Crippen molar-refractivity contribution in [2.45, 2.75) is 13.3 Å². The van der Waals surface area contributed by atoms with Crippen molar-refractivity contribution < 1.29 is 14.3 Å². The van der Waals surface area contributed by atoms with Crippen molar-refractivity contribution in [2.75, 3.05) is 6.61 Å². The summed E-state index contributed by atoms with van der Waals surface area (Å²) in [5, 5.41) is 2.67. The number of ether oxygens (including phenoxy) is 1. The number of nitrogens with one attached hydrogen (secondary N) is 2. The molecule has 28 heavy (non-hydrogen) atoms. The topological polar surface area (TPSA) is 80.3 Å². The van der Waals surface area contributed by atoms with Crippen molar-refractivity contribution in [3.63, 3.8) is 0 Å². The second-order valence-electron chi connectivity index (χ2n) is 5.79. The summed E-state index contributed by atoms with van der Waals surface area (Å²) in [6.45, 7) is 2.45. The van der Waals surface area contributed by atoms with Crippen LogP contribution in [0.2, 0.25) is 0 Å². The molecular formula is C20H18BrN3O3S. The zero-order valence-electron chi connectivity index (χ0n) is 15.1. The summed E-state index contributed by atoms with van der Waals surface area (Å²) < 4.78 is 6.30. The van der Waals surface area contributed by atoms with Gasteiger partial charge in [0.15, 0.2) is 0 Å². The van der Waals surface area contributed by atoms with Gasteiger partial charge in [-0.1, -0.05) is 28.1 Å². The van der Waals surface area contributed by atoms with Crippen LogP contribution in [0.3, 0.4) is 0 Å². The SMILES string of the molecule is CCOc1ccc(C(=O)NNC(=O)Cc2csc(-c3cccc(Br)c3)n2)cc1. The first kappa shape index (κ1) is 20.0. The zero-order valence-corrected chi connectivity index (χ0v) is 17.5. The summed E-state index contributed by atoms with van der Waals surface area (Å²) >= 11 is 4.91. The minimum atomic E-state index is -0.399. The quantitative estimate of drug-likeness (QED) is 0.546. The number of hydrogen-bond acceptors (Lipinski definition) is 5. The standard InChI is InChI=1S/C20H18BrN3O3S/c1-2-27-17-8-6-13(7-9-17)19(26)24-23-18(25)11-16-12-28-20(22-16)14-4-3-5-15(21)10-14/h3-10,12H,2,11H2,1H3,(H,23,25)(H,24,26). The fourth-order valence-corrected chi connectivity index (χ4v) is 3.63. The van der Waals surface area contributed by atoms with Gasteiger partial charge in [-0.15, -0.1) is 11.3 Å². The van der Waals surface area contributed by atoms with Gasteiger partial charge >= 0.3 is 0 Å². The molecule has 2 aromatic carbocycles. The Morgan fingerprint density at radius 2 is 1.93 bits per heavy atom. The maximum atomic E-state index is 12.1. The van der Waals surface area contributed by atoms with Crippen LogP contribution in [0.15, 0.2) is 58.4 Å². The van der Waals surface area contributed by atoms with Crippen molar-refractivity contribution in [1.82, 2.24) is 15.8 Å². The number of aromatic nitrogens is 1. The van der Waals surface area contributed by atoms with Crippen LogP contribution in [-0.2, 0) is 11.2 Å². The Balaban J connectivity index is 1.52. The minimum absolute atomic E-state index is 0.0774. The van der Waals surface area contributed by atoms with Gasteiger partial charge < -0.3 is 4.74 Å². The molecule has 0 aliphatic rings. The number of rotatable bonds is 6. The van der Waals surface area contributed by atoms with Gasteiger partial charge in [0, 0.05) is 21.0 Å². The number of carbonyl (C=O) groups is 2. The van der Waals surface area contributed by atoms with E-state index in [0.717, 1.165) is 15.0 Å². The lowest BCUT2D eigenvalue weighted by Gasteiger charge is -2.07. The highest BCUT2D eigenvalue weighted by Crippen LogP contribution is 2.26. The molecule has 0 unspecified atom stereocenters. The molecule has 3 aromatic rings. The van der Waals surface area contributed by atoms with E-state index >= 15 is 0 Å². The van der Waals surface area contributed by atoms with E-state index in [4.69, 9.17) is 4.74 Å². The summed E-state index contributed by atoms with van der Waals surface area (Å²) in [6, 6.07) is 14.5. The molecule has 0 radical (unpaired) electrons. The third-order valence-electron chi connectivity index (χ3n) is 3.71. The van der Waals surface area contributed by atoms with Crippen LogP contribution in [-0.4, -0.2) is 23.4 Å². The third-order valence-corrected chi connectivity index (χ3v) is 5.14. The van der Waals surface area contributed by atoms with Crippen LogP contribution < -0.4 is 15.6 Å². The van der Waals surface area contributed by atoms with Crippen LogP contribution in [0.1, 0.15) is 23.0 Å². The highest BCUT2D eigenvalue weighted by molar-refractivity contribution is 9.10. The van der Waals surface area contributed by atoms with E-state index in [1.165, 1.54) is 11.3 Å². The number of thiazole rings is 1. The second kappa shape index (κ2) is 9.48. The fraction of sp³-hybridized carbons (Fsp3) is 0.150. The minimum Gasteiger partial charge on any atom is -0.494 e. The molecule has 144 valence electrons. The lowest BCUT2D eigenvalue weighted by atomic mass is 10.2. The van der Waals surface area contributed by atoms with Crippen molar-refractivity contribution in [2.24, 2.45) is 0 Å². The Labute approximate surface area is 175 Å². The third kappa shape index (κ3) is 5.40. The Morgan fingerprint density at radius 3 is 2.64 bits per heavy atom. The van der Waals surface area contributed by atoms with Crippen LogP contribution in [0.25, 0.3) is 10.6 Å². The molecule has 0 aliphatic carbocycles. The van der Waals surface area contributed by atoms with Gasteiger partial charge in [-0.2, -0.15) is 0 Å². The van der Waals surface area contributed by atoms with E-state index < -0.39 is 5.91 Å². The summed E-state index contributed by atoms with van der Waals surface area (Å²) in [5.41, 5.74) is 6.87. The van der Waals surface area contributed by atoms with Crippen molar-refractivity contribution in [1.29, 1.82) is 0 Å². The average Bonchev–Trinajstić information content (AvgIpc) is 3.15. The van der Waals surface area contributed by atoms with Crippen molar-refractivity contribution in [3.8, 4) is 16.3 Å². The van der Waals surface area contributed by atoms with Crippen molar-refractivity contribution >= 4 is 39.1 Å². The highest BCUT2D eigenvalue weighted by atomic mass is 79.9. The summed E-state index contributed by atoms with van der Waals surface area (Å²) in [5.74, 6) is -0.0530. The molecule has 0 saturated heterocycles. The van der Waals surface area contributed by atoms with Gasteiger partial charge in [0.25, 0.3) is 5.91 Å². The molecular weight excluding hydrogens is 442 g/mol. The van der Waals surface area contributed by atoms with E-state index in [0.29, 0.717) is 23.6 Å². The van der Waals surface area contributed by atoms with Gasteiger partial charge in [-0.05, 0) is 43.3 Å². The molecule has 2 amide bonds. The van der Waals surface area contributed by atoms with Gasteiger partial charge in [-0.25, -0.2) is 4.98 Å². The number of hydrogen-bond donors (Lipinski definition) is 2. The number of hydrazine groups is 1. The van der Waals surface area contributed by atoms with Gasteiger partial charge in [0.2, 0.25) is 5.91 Å². The second-order valence-corrected chi connectivity index (χ2v) is 7.56. The number of halogens is 1. The Kier molecular flexibility index (Phi) is 6.78. The number of benzene rings is 2. The summed E-state index contributed by atoms with van der Waals surface area (Å²) in [7, 11) is 0. The first-order valence-electron chi connectivity index (χ1n) is 8.57. The maximum absolute atomic E-state index is 12.1. The molecule has 0 atom stereocenters. The van der Waals surface area contributed by atoms with E-state index in [9.17, 15) is 9.59 Å². The first-order chi connectivity index (χ1) is 13.5. The molecule has 0 aliphatic heterocycles. The van der Waals surface area contributed by atoms with Crippen LogP contribution >= 0.6 is 27.3 Å². The summed E-state index contributed by atoms with van der Waals surface area (Å²) in [6.07, 6.45) is 0.0774. The number of nitrogens with zero attached hydrogens (tertiary/aromatic N) is 1. The summed E-state index contributed by atoms with van der Waals surface area (Å²) in [4.78, 5) is 28.7. The molecule has 0 spiro atoms. The molecule has 1 heterocycles. The molecule has 0 fully saturated rings. The zero-order chi connectivity index (χ0) is 19.9. The lowest BCUT2D eigenvalue weighted by Crippen LogP contribution is -2.42. The molecule has 0 saturated carbocycles. The fourth-order valence-electron chi connectivity index (χ4n) is 2.42. The number of amides is 2. The molecule has 3 rings (SSSR count). The Morgan fingerprint density at radius 1 is 1.14 bits per heavy atom. The predicted octanol–water partition coefficient (Wildman–Crippen LogP) is 3.98. The van der Waals surface area contributed by atoms with E-state index in [1.807, 2.05) is 36.6 Å². The molecule has 6 nitrogen and oxygen atoms in total. The van der Waals surface area contributed by atoms with Crippen LogP contribution in [0.5, 0.6) is 5.75 Å². The highest BCUT2D eigenvalue weighted by Gasteiger charge is 2.11. The van der Waals surface area contributed by atoms with E-state index in [1.54, 1.807) is 24.3 Å². The van der Waals surface area contributed by atoms with Gasteiger partial charge in [0.1, 0.15) is 10.8 Å². The molecule has 1 aromatic heterocycles. The van der Waals surface area contributed by atoms with E-state index in [2.05, 4.69) is 31.8 Å². The Bertz CT molecular complexity index is 973. The number of carbonyl (C=O) groups excluding carboxylic acids is 2. The monoisotopic (exact) mass is 459 g/mol. The average molecular weight is 460 g/mol. The first-order valence-corrected chi connectivity index (χ1v) is 10.2. The molecule has 8 heteroatoms. The van der Waals surface area contributed by atoms with Crippen LogP contribution in [0, 0.1) is 0 Å². The smallest absolute Gasteiger partial charge is 0.269 e. The maximum Gasteiger partial charge on any atom is 0.269 e. The largest absolute Gasteiger partial charge is 0.494 e. The normalized spacial score (nSPS) is 10.4. The molecule has 0 bridgehead atoms. The Hall–Kier alpha value is -2.71. The predicted molar refractivity (Wildman–Crippen MR) is 112 cm³/mol. The lowest BCUT2D eigenvalue weighted by molar-refractivity contribution is -0.121. The molecule has 2 N–H and O–H groups in total. The van der Waals surface area contributed by atoms with Crippen molar-refractivity contribution in [3.05, 3.63) is 69.6 Å². The van der Waals surface area contributed by atoms with Gasteiger partial charge in [0.05, 0.1) is 18.7 Å². The van der Waals surface area contributed by atoms with Crippen LogP contribution in [0.4, 0.5) is 0 Å². The van der Waals surface area contributed by atoms with E-state index in [-0.39, 0.29) is 12.3 Å².